The lowest BCUT2D eigenvalue weighted by molar-refractivity contribution is -0.124. The predicted molar refractivity (Wildman–Crippen MR) is 115 cm³/mol. The van der Waals surface area contributed by atoms with Crippen LogP contribution in [-0.2, 0) is 9.59 Å². The zero-order valence-electron chi connectivity index (χ0n) is 16.4. The molecule has 1 aliphatic rings. The first kappa shape index (κ1) is 20.0. The van der Waals surface area contributed by atoms with Gasteiger partial charge >= 0.3 is 0 Å². The van der Waals surface area contributed by atoms with E-state index in [1.54, 1.807) is 66.7 Å². The molecule has 3 aromatic carbocycles. The summed E-state index contributed by atoms with van der Waals surface area (Å²) in [5.41, 5.74) is 1.48. The molecule has 7 heteroatoms. The molecule has 31 heavy (non-hydrogen) atoms. The molecule has 0 aliphatic carbocycles. The highest BCUT2D eigenvalue weighted by Crippen LogP contribution is 2.26. The first-order valence-electron chi connectivity index (χ1n) is 9.72. The van der Waals surface area contributed by atoms with Crippen molar-refractivity contribution in [3.8, 4) is 0 Å². The maximum Gasteiger partial charge on any atom is 0.262 e. The number of benzene rings is 3. The third-order valence-corrected chi connectivity index (χ3v) is 4.92. The van der Waals surface area contributed by atoms with Gasteiger partial charge in [-0.15, -0.1) is 0 Å². The average molecular weight is 413 g/mol. The Morgan fingerprint density at radius 1 is 0.677 bits per heavy atom. The molecular weight excluding hydrogens is 394 g/mol. The van der Waals surface area contributed by atoms with Gasteiger partial charge in [-0.2, -0.15) is 0 Å². The van der Waals surface area contributed by atoms with Gasteiger partial charge in [0.05, 0.1) is 17.5 Å². The van der Waals surface area contributed by atoms with E-state index >= 15 is 0 Å². The lowest BCUT2D eigenvalue weighted by atomic mass is 10.1. The van der Waals surface area contributed by atoms with Gasteiger partial charge in [0.1, 0.15) is 6.04 Å². The first-order chi connectivity index (χ1) is 15.0. The van der Waals surface area contributed by atoms with Crippen LogP contribution in [0.2, 0.25) is 0 Å². The highest BCUT2D eigenvalue weighted by atomic mass is 16.2. The molecule has 1 unspecified atom stereocenters. The highest BCUT2D eigenvalue weighted by molar-refractivity contribution is 6.23. The number of carbonyl (C=O) groups is 4. The van der Waals surface area contributed by atoms with Crippen LogP contribution < -0.4 is 10.6 Å². The van der Waals surface area contributed by atoms with E-state index < -0.39 is 29.7 Å². The Labute approximate surface area is 178 Å². The van der Waals surface area contributed by atoms with Crippen LogP contribution in [0.3, 0.4) is 0 Å². The maximum atomic E-state index is 13.1. The van der Waals surface area contributed by atoms with Crippen LogP contribution >= 0.6 is 0 Å². The van der Waals surface area contributed by atoms with Crippen LogP contribution in [0.4, 0.5) is 11.4 Å². The Morgan fingerprint density at radius 3 is 1.65 bits per heavy atom. The Balaban J connectivity index is 1.61. The molecule has 7 nitrogen and oxygen atoms in total. The third-order valence-electron chi connectivity index (χ3n) is 4.92. The summed E-state index contributed by atoms with van der Waals surface area (Å²) in [5.74, 6) is -2.30. The van der Waals surface area contributed by atoms with Gasteiger partial charge < -0.3 is 10.6 Å². The van der Waals surface area contributed by atoms with E-state index in [1.165, 1.54) is 12.1 Å². The number of nitrogens with one attached hydrogen (secondary N) is 2. The van der Waals surface area contributed by atoms with E-state index in [2.05, 4.69) is 10.6 Å². The van der Waals surface area contributed by atoms with Crippen molar-refractivity contribution in [3.63, 3.8) is 0 Å². The molecule has 2 N–H and O–H groups in total. The smallest absolute Gasteiger partial charge is 0.262 e. The molecule has 0 fully saturated rings. The summed E-state index contributed by atoms with van der Waals surface area (Å²) in [4.78, 5) is 52.5. The number of rotatable bonds is 6. The van der Waals surface area contributed by atoms with E-state index in [1.807, 2.05) is 6.07 Å². The SMILES string of the molecule is O=C(CC(C(=O)Nc1ccccc1)N1C(=O)c2ccccc2C1=O)Nc1ccccc1. The fourth-order valence-corrected chi connectivity index (χ4v) is 3.45. The van der Waals surface area contributed by atoms with E-state index in [0.717, 1.165) is 4.90 Å². The second-order valence-electron chi connectivity index (χ2n) is 7.02. The molecule has 0 saturated carbocycles. The predicted octanol–water partition coefficient (Wildman–Crippen LogP) is 3.32. The van der Waals surface area contributed by atoms with E-state index in [0.29, 0.717) is 11.4 Å². The number of para-hydroxylation sites is 2. The topological polar surface area (TPSA) is 95.6 Å². The van der Waals surface area contributed by atoms with Crippen molar-refractivity contribution < 1.29 is 19.2 Å². The van der Waals surface area contributed by atoms with Crippen molar-refractivity contribution in [2.75, 3.05) is 10.6 Å². The average Bonchev–Trinajstić information content (AvgIpc) is 3.04. The number of imide groups is 1. The van der Waals surface area contributed by atoms with Crippen molar-refractivity contribution in [1.82, 2.24) is 4.90 Å². The number of hydrogen-bond acceptors (Lipinski definition) is 4. The van der Waals surface area contributed by atoms with Gasteiger partial charge in [0.25, 0.3) is 11.8 Å². The first-order valence-corrected chi connectivity index (χ1v) is 9.72. The minimum atomic E-state index is -1.31. The second kappa shape index (κ2) is 8.62. The molecule has 1 heterocycles. The highest BCUT2D eigenvalue weighted by Gasteiger charge is 2.43. The normalized spacial score (nSPS) is 13.5. The third kappa shape index (κ3) is 4.20. The molecule has 4 amide bonds. The Hall–Kier alpha value is -4.26. The lowest BCUT2D eigenvalue weighted by Crippen LogP contribution is -2.48. The number of hydrogen-bond donors (Lipinski definition) is 2. The summed E-state index contributed by atoms with van der Waals surface area (Å²) in [6.07, 6.45) is -0.376. The molecule has 4 rings (SSSR count). The molecule has 3 aromatic rings. The van der Waals surface area contributed by atoms with Crippen LogP contribution in [-0.4, -0.2) is 34.6 Å². The summed E-state index contributed by atoms with van der Waals surface area (Å²) in [6, 6.07) is 22.5. The molecule has 0 spiro atoms. The van der Waals surface area contributed by atoms with E-state index in [9.17, 15) is 19.2 Å². The Morgan fingerprint density at radius 2 is 1.13 bits per heavy atom. The fraction of sp³-hybridized carbons (Fsp3) is 0.0833. The monoisotopic (exact) mass is 413 g/mol. The minimum absolute atomic E-state index is 0.216. The largest absolute Gasteiger partial charge is 0.326 e. The van der Waals surface area contributed by atoms with Crippen molar-refractivity contribution in [1.29, 1.82) is 0 Å². The number of carbonyl (C=O) groups excluding carboxylic acids is 4. The fourth-order valence-electron chi connectivity index (χ4n) is 3.45. The summed E-state index contributed by atoms with van der Waals surface area (Å²) in [7, 11) is 0. The molecular formula is C24H19N3O4. The van der Waals surface area contributed by atoms with Crippen molar-refractivity contribution in [3.05, 3.63) is 96.1 Å². The van der Waals surface area contributed by atoms with E-state index in [4.69, 9.17) is 0 Å². The lowest BCUT2D eigenvalue weighted by Gasteiger charge is -2.25. The Bertz CT molecular complexity index is 1110. The van der Waals surface area contributed by atoms with Crippen LogP contribution in [0.1, 0.15) is 27.1 Å². The van der Waals surface area contributed by atoms with Gasteiger partial charge in [0.15, 0.2) is 0 Å². The summed E-state index contributed by atoms with van der Waals surface area (Å²) >= 11 is 0. The van der Waals surface area contributed by atoms with Gasteiger partial charge in [-0.25, -0.2) is 0 Å². The molecule has 0 bridgehead atoms. The quantitative estimate of drug-likeness (QED) is 0.606. The second-order valence-corrected chi connectivity index (χ2v) is 7.02. The van der Waals surface area contributed by atoms with Gasteiger partial charge in [-0.1, -0.05) is 48.5 Å². The molecule has 0 radical (unpaired) electrons. The van der Waals surface area contributed by atoms with Crippen molar-refractivity contribution in [2.24, 2.45) is 0 Å². The van der Waals surface area contributed by atoms with Gasteiger partial charge in [0.2, 0.25) is 11.8 Å². The minimum Gasteiger partial charge on any atom is -0.326 e. The molecule has 0 saturated heterocycles. The van der Waals surface area contributed by atoms with Gasteiger partial charge in [-0.05, 0) is 36.4 Å². The van der Waals surface area contributed by atoms with E-state index in [-0.39, 0.29) is 17.5 Å². The zero-order valence-corrected chi connectivity index (χ0v) is 16.4. The molecule has 0 aromatic heterocycles. The maximum absolute atomic E-state index is 13.1. The van der Waals surface area contributed by atoms with Crippen LogP contribution in [0.25, 0.3) is 0 Å². The van der Waals surface area contributed by atoms with Crippen molar-refractivity contribution >= 4 is 35.0 Å². The molecule has 1 aliphatic heterocycles. The number of anilines is 2. The standard InChI is InChI=1S/C24H19N3O4/c28-21(25-16-9-3-1-4-10-16)15-20(22(29)26-17-11-5-2-6-12-17)27-23(30)18-13-7-8-14-19(18)24(27)31/h1-14,20H,15H2,(H,25,28)(H,26,29). The number of amides is 4. The molecule has 1 atom stereocenters. The van der Waals surface area contributed by atoms with Crippen LogP contribution in [0.15, 0.2) is 84.9 Å². The van der Waals surface area contributed by atoms with Gasteiger partial charge in [0, 0.05) is 11.4 Å². The summed E-state index contributed by atoms with van der Waals surface area (Å²) < 4.78 is 0. The van der Waals surface area contributed by atoms with Crippen LogP contribution in [0, 0.1) is 0 Å². The Kier molecular flexibility index (Phi) is 5.57. The number of fused-ring (bicyclic) bond motifs is 1. The summed E-state index contributed by atoms with van der Waals surface area (Å²) in [5, 5.41) is 5.39. The zero-order chi connectivity index (χ0) is 21.8. The molecule has 154 valence electrons. The van der Waals surface area contributed by atoms with Crippen LogP contribution in [0.5, 0.6) is 0 Å². The van der Waals surface area contributed by atoms with Gasteiger partial charge in [-0.3, -0.25) is 24.1 Å². The summed E-state index contributed by atoms with van der Waals surface area (Å²) in [6.45, 7) is 0. The van der Waals surface area contributed by atoms with Crippen molar-refractivity contribution in [2.45, 2.75) is 12.5 Å². The number of nitrogens with zero attached hydrogens (tertiary/aromatic N) is 1.